The summed E-state index contributed by atoms with van der Waals surface area (Å²) in [5, 5.41) is 27.8. The summed E-state index contributed by atoms with van der Waals surface area (Å²) in [6.07, 6.45) is 0. The number of aliphatic hydroxyl groups is 2. The number of aliphatic hydroxyl groups excluding tert-OH is 2. The maximum Gasteiger partial charge on any atom is 0.247 e. The molecule has 1 unspecified atom stereocenters. The lowest BCUT2D eigenvalue weighted by Crippen LogP contribution is -2.30. The van der Waals surface area contributed by atoms with Gasteiger partial charge in [-0.1, -0.05) is 42.0 Å². The van der Waals surface area contributed by atoms with E-state index in [-0.39, 0.29) is 29.0 Å². The quantitative estimate of drug-likeness (QED) is 0.322. The standard InChI is InChI=1S/C25H25N3O6S/c1-16-8-10-20(11-9-16)35(31,32)28-23(18-12-19(14-29)21(15-30)22(13-18)33-2)25-27-26-24(34-25)17-6-4-3-5-7-17/h3-13,23,28-30H,14-15H2,1-2H3. The molecule has 0 saturated heterocycles. The van der Waals surface area contributed by atoms with Gasteiger partial charge in [0.25, 0.3) is 0 Å². The molecule has 3 N–H and O–H groups in total. The van der Waals surface area contributed by atoms with Crippen LogP contribution in [0, 0.1) is 6.92 Å². The second-order valence-corrected chi connectivity index (χ2v) is 9.57. The summed E-state index contributed by atoms with van der Waals surface area (Å²) >= 11 is 0. The topological polar surface area (TPSA) is 135 Å². The molecule has 0 aliphatic heterocycles. The Labute approximate surface area is 203 Å². The molecule has 4 aromatic rings. The normalized spacial score (nSPS) is 12.5. The summed E-state index contributed by atoms with van der Waals surface area (Å²) < 4.78 is 40.5. The minimum absolute atomic E-state index is 0.00207. The summed E-state index contributed by atoms with van der Waals surface area (Å²) in [5.74, 6) is 0.514. The van der Waals surface area contributed by atoms with E-state index in [0.717, 1.165) is 5.56 Å². The van der Waals surface area contributed by atoms with Crippen molar-refractivity contribution in [2.45, 2.75) is 31.1 Å². The number of rotatable bonds is 9. The van der Waals surface area contributed by atoms with Gasteiger partial charge in [-0.15, -0.1) is 10.2 Å². The molecule has 3 aromatic carbocycles. The van der Waals surface area contributed by atoms with Gasteiger partial charge in [-0.3, -0.25) is 0 Å². The third kappa shape index (κ3) is 5.25. The molecule has 0 aliphatic carbocycles. The van der Waals surface area contributed by atoms with Gasteiger partial charge in [0.05, 0.1) is 25.2 Å². The molecule has 1 atom stereocenters. The van der Waals surface area contributed by atoms with Crippen LogP contribution in [0.3, 0.4) is 0 Å². The first kappa shape index (κ1) is 24.6. The van der Waals surface area contributed by atoms with E-state index < -0.39 is 22.7 Å². The van der Waals surface area contributed by atoms with E-state index >= 15 is 0 Å². The third-order valence-corrected chi connectivity index (χ3v) is 6.96. The highest BCUT2D eigenvalue weighted by Gasteiger charge is 2.29. The summed E-state index contributed by atoms with van der Waals surface area (Å²) in [6, 6.07) is 17.5. The zero-order valence-electron chi connectivity index (χ0n) is 19.2. The molecule has 10 heteroatoms. The summed E-state index contributed by atoms with van der Waals surface area (Å²) in [6.45, 7) is 1.11. The number of sulfonamides is 1. The Morgan fingerprint density at radius 3 is 2.34 bits per heavy atom. The number of nitrogens with zero attached hydrogens (tertiary/aromatic N) is 2. The van der Waals surface area contributed by atoms with Gasteiger partial charge < -0.3 is 19.4 Å². The first-order chi connectivity index (χ1) is 16.9. The minimum Gasteiger partial charge on any atom is -0.496 e. The van der Waals surface area contributed by atoms with Crippen molar-refractivity contribution in [2.75, 3.05) is 7.11 Å². The molecule has 9 nitrogen and oxygen atoms in total. The number of methoxy groups -OCH3 is 1. The maximum atomic E-state index is 13.3. The van der Waals surface area contributed by atoms with Crippen molar-refractivity contribution in [1.82, 2.24) is 14.9 Å². The number of hydrogen-bond acceptors (Lipinski definition) is 8. The largest absolute Gasteiger partial charge is 0.496 e. The minimum atomic E-state index is -4.01. The van der Waals surface area contributed by atoms with Gasteiger partial charge in [0.15, 0.2) is 0 Å². The average molecular weight is 496 g/mol. The Bertz CT molecular complexity index is 1380. The van der Waals surface area contributed by atoms with E-state index in [1.54, 1.807) is 36.4 Å². The van der Waals surface area contributed by atoms with Gasteiger partial charge in [-0.05, 0) is 48.4 Å². The van der Waals surface area contributed by atoms with Gasteiger partial charge in [0, 0.05) is 11.1 Å². The van der Waals surface area contributed by atoms with Crippen LogP contribution in [0.1, 0.15) is 34.2 Å². The second-order valence-electron chi connectivity index (χ2n) is 7.86. The number of ether oxygens (including phenoxy) is 1. The fourth-order valence-electron chi connectivity index (χ4n) is 3.65. The number of hydrogen-bond donors (Lipinski definition) is 3. The fraction of sp³-hybridized carbons (Fsp3) is 0.200. The van der Waals surface area contributed by atoms with Crippen molar-refractivity contribution in [3.05, 3.63) is 94.9 Å². The lowest BCUT2D eigenvalue weighted by Gasteiger charge is -2.20. The second kappa shape index (κ2) is 10.4. The van der Waals surface area contributed by atoms with Crippen LogP contribution >= 0.6 is 0 Å². The molecular formula is C25H25N3O6S. The van der Waals surface area contributed by atoms with Crippen molar-refractivity contribution in [2.24, 2.45) is 0 Å². The highest BCUT2D eigenvalue weighted by atomic mass is 32.2. The zero-order valence-corrected chi connectivity index (χ0v) is 20.0. The smallest absolute Gasteiger partial charge is 0.247 e. The van der Waals surface area contributed by atoms with Crippen molar-refractivity contribution in [3.63, 3.8) is 0 Å². The molecule has 0 aliphatic rings. The van der Waals surface area contributed by atoms with Gasteiger partial charge in [0.1, 0.15) is 11.8 Å². The predicted molar refractivity (Wildman–Crippen MR) is 128 cm³/mol. The van der Waals surface area contributed by atoms with Crippen LogP contribution < -0.4 is 9.46 Å². The maximum absolute atomic E-state index is 13.3. The van der Waals surface area contributed by atoms with Gasteiger partial charge in [0.2, 0.25) is 21.8 Å². The predicted octanol–water partition coefficient (Wildman–Crippen LogP) is 3.11. The summed E-state index contributed by atoms with van der Waals surface area (Å²) in [4.78, 5) is 0.0669. The summed E-state index contributed by atoms with van der Waals surface area (Å²) in [7, 11) is -2.59. The Morgan fingerprint density at radius 1 is 1.00 bits per heavy atom. The van der Waals surface area contributed by atoms with Crippen molar-refractivity contribution < 1.29 is 27.8 Å². The molecule has 0 saturated carbocycles. The molecule has 4 rings (SSSR count). The van der Waals surface area contributed by atoms with Crippen molar-refractivity contribution >= 4 is 10.0 Å². The number of aryl methyl sites for hydroxylation is 1. The van der Waals surface area contributed by atoms with E-state index in [4.69, 9.17) is 9.15 Å². The molecule has 35 heavy (non-hydrogen) atoms. The molecule has 1 aromatic heterocycles. The Hall–Kier alpha value is -3.57. The van der Waals surface area contributed by atoms with Crippen LogP contribution in [0.15, 0.2) is 76.0 Å². The highest BCUT2D eigenvalue weighted by Crippen LogP contribution is 2.33. The third-order valence-electron chi connectivity index (χ3n) is 5.52. The first-order valence-corrected chi connectivity index (χ1v) is 12.2. The molecule has 0 amide bonds. The first-order valence-electron chi connectivity index (χ1n) is 10.8. The SMILES string of the molecule is COc1cc(C(NS(=O)(=O)c2ccc(C)cc2)c2nnc(-c3ccccc3)o2)cc(CO)c1CO. The van der Waals surface area contributed by atoms with Gasteiger partial charge in [-0.25, -0.2) is 8.42 Å². The summed E-state index contributed by atoms with van der Waals surface area (Å²) in [5.41, 5.74) is 2.76. The molecule has 0 spiro atoms. The Kier molecular flexibility index (Phi) is 7.27. The number of aromatic nitrogens is 2. The van der Waals surface area contributed by atoms with E-state index in [1.807, 2.05) is 25.1 Å². The van der Waals surface area contributed by atoms with E-state index in [0.29, 0.717) is 22.3 Å². The van der Waals surface area contributed by atoms with Crippen LogP contribution in [0.4, 0.5) is 0 Å². The van der Waals surface area contributed by atoms with Crippen LogP contribution in [0.25, 0.3) is 11.5 Å². The lowest BCUT2D eigenvalue weighted by atomic mass is 9.99. The van der Waals surface area contributed by atoms with Crippen LogP contribution in [-0.2, 0) is 23.2 Å². The lowest BCUT2D eigenvalue weighted by molar-refractivity contribution is 0.253. The molecule has 182 valence electrons. The Balaban J connectivity index is 1.83. The van der Waals surface area contributed by atoms with Crippen LogP contribution in [0.2, 0.25) is 0 Å². The van der Waals surface area contributed by atoms with E-state index in [1.165, 1.54) is 19.2 Å². The van der Waals surface area contributed by atoms with Crippen LogP contribution in [0.5, 0.6) is 5.75 Å². The van der Waals surface area contributed by atoms with Crippen LogP contribution in [-0.4, -0.2) is 35.9 Å². The molecule has 0 bridgehead atoms. The zero-order chi connectivity index (χ0) is 25.0. The number of nitrogens with one attached hydrogen (secondary N) is 1. The van der Waals surface area contributed by atoms with Crippen molar-refractivity contribution in [3.8, 4) is 17.2 Å². The molecule has 1 heterocycles. The van der Waals surface area contributed by atoms with Gasteiger partial charge in [-0.2, -0.15) is 4.72 Å². The van der Waals surface area contributed by atoms with Crippen molar-refractivity contribution in [1.29, 1.82) is 0 Å². The van der Waals surface area contributed by atoms with Gasteiger partial charge >= 0.3 is 0 Å². The number of benzene rings is 3. The van der Waals surface area contributed by atoms with E-state index in [2.05, 4.69) is 14.9 Å². The molecule has 0 radical (unpaired) electrons. The average Bonchev–Trinajstić information content (AvgIpc) is 3.37. The monoisotopic (exact) mass is 495 g/mol. The fourth-order valence-corrected chi connectivity index (χ4v) is 4.82. The highest BCUT2D eigenvalue weighted by molar-refractivity contribution is 7.89. The van der Waals surface area contributed by atoms with E-state index in [9.17, 15) is 18.6 Å². The molecule has 0 fully saturated rings. The Morgan fingerprint density at radius 2 is 1.71 bits per heavy atom. The molecular weight excluding hydrogens is 470 g/mol.